The molecule has 1 nitrogen and oxygen atoms in total. The van der Waals surface area contributed by atoms with E-state index >= 15 is 0 Å². The quantitative estimate of drug-likeness (QED) is 0.618. The monoisotopic (exact) mass is 288 g/mol. The highest BCUT2D eigenvalue weighted by atomic mass is 31.0. The van der Waals surface area contributed by atoms with Crippen LogP contribution >= 0.6 is 9.24 Å². The molecule has 1 aliphatic rings. The minimum Gasteiger partial charge on any atom is -0.369 e. The van der Waals surface area contributed by atoms with E-state index in [-0.39, 0.29) is 17.3 Å². The van der Waals surface area contributed by atoms with Crippen LogP contribution in [0.25, 0.3) is 0 Å². The Morgan fingerprint density at radius 3 is 2.40 bits per heavy atom. The number of benzene rings is 2. The van der Waals surface area contributed by atoms with E-state index in [0.717, 1.165) is 23.9 Å². The molecule has 2 aromatic rings. The van der Waals surface area contributed by atoms with Gasteiger partial charge in [-0.1, -0.05) is 43.3 Å². The van der Waals surface area contributed by atoms with Gasteiger partial charge in [0.2, 0.25) is 0 Å². The molecule has 0 amide bonds. The summed E-state index contributed by atoms with van der Waals surface area (Å²) >= 11 is 0. The second-order valence-corrected chi connectivity index (χ2v) is 6.03. The first kappa shape index (κ1) is 13.7. The van der Waals surface area contributed by atoms with Crippen molar-refractivity contribution >= 4 is 14.5 Å². The maximum Gasteiger partial charge on any atom is 0.123 e. The molecule has 0 aliphatic carbocycles. The number of hydrogen-bond acceptors (Lipinski definition) is 1. The zero-order chi connectivity index (χ0) is 14.2. The van der Waals surface area contributed by atoms with Gasteiger partial charge >= 0.3 is 0 Å². The normalized spacial score (nSPS) is 22.6. The smallest absolute Gasteiger partial charge is 0.123 e. The maximum atomic E-state index is 13.6. The minimum atomic E-state index is -0.193. The number of ether oxygens (including phenoxy) is 1. The van der Waals surface area contributed by atoms with Crippen LogP contribution in [0, 0.1) is 5.82 Å². The predicted octanol–water partition coefficient (Wildman–Crippen LogP) is 3.64. The third kappa shape index (κ3) is 2.51. The standard InChI is InChI=1S/C17H18FOP/c1-2-17(11-19-17)16(12-5-3-7-14(18)9-12)13-6-4-8-15(20)10-13/h3-10,16H,2,11,20H2,1H3. The minimum absolute atomic E-state index is 0.0868. The third-order valence-electron chi connectivity index (χ3n) is 4.07. The zero-order valence-corrected chi connectivity index (χ0v) is 12.6. The molecule has 0 aromatic heterocycles. The number of halogens is 1. The molecule has 3 heteroatoms. The van der Waals surface area contributed by atoms with Crippen LogP contribution in [0.3, 0.4) is 0 Å². The van der Waals surface area contributed by atoms with Crippen LogP contribution in [-0.4, -0.2) is 12.2 Å². The fourth-order valence-corrected chi connectivity index (χ4v) is 3.20. The van der Waals surface area contributed by atoms with Crippen molar-refractivity contribution in [2.45, 2.75) is 24.9 Å². The molecular weight excluding hydrogens is 270 g/mol. The van der Waals surface area contributed by atoms with Gasteiger partial charge in [0.1, 0.15) is 11.4 Å². The van der Waals surface area contributed by atoms with Gasteiger partial charge in [0.15, 0.2) is 0 Å². The lowest BCUT2D eigenvalue weighted by atomic mass is 9.79. The molecule has 0 saturated carbocycles. The van der Waals surface area contributed by atoms with Crippen LogP contribution in [0.15, 0.2) is 48.5 Å². The van der Waals surface area contributed by atoms with E-state index < -0.39 is 0 Å². The average Bonchev–Trinajstić information content (AvgIpc) is 3.20. The molecule has 20 heavy (non-hydrogen) atoms. The van der Waals surface area contributed by atoms with Crippen molar-refractivity contribution in [1.82, 2.24) is 0 Å². The molecule has 0 N–H and O–H groups in total. The van der Waals surface area contributed by atoms with E-state index in [1.165, 1.54) is 11.6 Å². The Kier molecular flexibility index (Phi) is 3.62. The highest BCUT2D eigenvalue weighted by molar-refractivity contribution is 7.27. The first-order chi connectivity index (χ1) is 9.64. The van der Waals surface area contributed by atoms with Crippen molar-refractivity contribution in [2.24, 2.45) is 0 Å². The summed E-state index contributed by atoms with van der Waals surface area (Å²) < 4.78 is 19.4. The number of hydrogen-bond donors (Lipinski definition) is 0. The van der Waals surface area contributed by atoms with Gasteiger partial charge in [-0.2, -0.15) is 0 Å². The van der Waals surface area contributed by atoms with Crippen LogP contribution in [0.4, 0.5) is 4.39 Å². The molecule has 1 aliphatic heterocycles. The zero-order valence-electron chi connectivity index (χ0n) is 11.5. The topological polar surface area (TPSA) is 12.5 Å². The lowest BCUT2D eigenvalue weighted by Gasteiger charge is -2.24. The van der Waals surface area contributed by atoms with E-state index in [2.05, 4.69) is 28.3 Å². The van der Waals surface area contributed by atoms with Crippen LogP contribution in [0.5, 0.6) is 0 Å². The van der Waals surface area contributed by atoms with Crippen molar-refractivity contribution < 1.29 is 9.13 Å². The summed E-state index contributed by atoms with van der Waals surface area (Å²) in [5.41, 5.74) is 1.99. The summed E-state index contributed by atoms with van der Waals surface area (Å²) in [5.74, 6) is -0.106. The van der Waals surface area contributed by atoms with E-state index in [0.29, 0.717) is 0 Å². The fourth-order valence-electron chi connectivity index (χ4n) is 2.89. The van der Waals surface area contributed by atoms with Crippen molar-refractivity contribution in [1.29, 1.82) is 0 Å². The molecule has 1 saturated heterocycles. The first-order valence-corrected chi connectivity index (χ1v) is 7.47. The van der Waals surface area contributed by atoms with E-state index in [1.807, 2.05) is 18.2 Å². The Labute approximate surface area is 121 Å². The van der Waals surface area contributed by atoms with Crippen molar-refractivity contribution in [3.8, 4) is 0 Å². The first-order valence-electron chi connectivity index (χ1n) is 6.89. The van der Waals surface area contributed by atoms with E-state index in [4.69, 9.17) is 4.74 Å². The molecule has 2 aromatic carbocycles. The van der Waals surface area contributed by atoms with Crippen LogP contribution in [0.1, 0.15) is 30.4 Å². The Balaban J connectivity index is 2.10. The highest BCUT2D eigenvalue weighted by Crippen LogP contribution is 2.47. The van der Waals surface area contributed by atoms with Crippen molar-refractivity contribution in [3.05, 3.63) is 65.5 Å². The second kappa shape index (κ2) is 5.27. The highest BCUT2D eigenvalue weighted by Gasteiger charge is 2.51. The SMILES string of the molecule is CCC1(C(c2cccc(F)c2)c2cccc(P)c2)CO1. The van der Waals surface area contributed by atoms with Gasteiger partial charge in [0.25, 0.3) is 0 Å². The van der Waals surface area contributed by atoms with Gasteiger partial charge in [0.05, 0.1) is 6.61 Å². The van der Waals surface area contributed by atoms with Gasteiger partial charge in [-0.15, -0.1) is 9.24 Å². The molecular formula is C17H18FOP. The lowest BCUT2D eigenvalue weighted by Crippen LogP contribution is -2.23. The Morgan fingerprint density at radius 2 is 1.85 bits per heavy atom. The molecule has 0 radical (unpaired) electrons. The van der Waals surface area contributed by atoms with Crippen LogP contribution < -0.4 is 5.30 Å². The molecule has 1 heterocycles. The van der Waals surface area contributed by atoms with Crippen LogP contribution in [0.2, 0.25) is 0 Å². The molecule has 104 valence electrons. The van der Waals surface area contributed by atoms with Crippen molar-refractivity contribution in [3.63, 3.8) is 0 Å². The second-order valence-electron chi connectivity index (χ2n) is 5.37. The summed E-state index contributed by atoms with van der Waals surface area (Å²) in [5, 5.41) is 1.14. The maximum absolute atomic E-state index is 13.6. The van der Waals surface area contributed by atoms with E-state index in [9.17, 15) is 4.39 Å². The largest absolute Gasteiger partial charge is 0.369 e. The molecule has 3 rings (SSSR count). The van der Waals surface area contributed by atoms with Crippen LogP contribution in [-0.2, 0) is 4.74 Å². The van der Waals surface area contributed by atoms with Gasteiger partial charge in [-0.3, -0.25) is 0 Å². The van der Waals surface area contributed by atoms with Gasteiger partial charge in [-0.25, -0.2) is 4.39 Å². The summed E-state index contributed by atoms with van der Waals surface area (Å²) in [7, 11) is 2.72. The summed E-state index contributed by atoms with van der Waals surface area (Å²) in [4.78, 5) is 0. The summed E-state index contributed by atoms with van der Waals surface area (Å²) in [6.07, 6.45) is 0.926. The Morgan fingerprint density at radius 1 is 1.20 bits per heavy atom. The van der Waals surface area contributed by atoms with Gasteiger partial charge < -0.3 is 4.74 Å². The predicted molar refractivity (Wildman–Crippen MR) is 83.0 cm³/mol. The molecule has 0 spiro atoms. The average molecular weight is 288 g/mol. The molecule has 3 atom stereocenters. The number of rotatable bonds is 4. The Hall–Kier alpha value is -1.24. The number of epoxide rings is 1. The van der Waals surface area contributed by atoms with Crippen molar-refractivity contribution in [2.75, 3.05) is 6.61 Å². The molecule has 3 unspecified atom stereocenters. The van der Waals surface area contributed by atoms with Gasteiger partial charge in [-0.05, 0) is 35.0 Å². The van der Waals surface area contributed by atoms with E-state index in [1.54, 1.807) is 12.1 Å². The molecule has 0 bridgehead atoms. The fraction of sp³-hybridized carbons (Fsp3) is 0.294. The summed E-state index contributed by atoms with van der Waals surface area (Å²) in [6.45, 7) is 2.87. The summed E-state index contributed by atoms with van der Waals surface area (Å²) in [6, 6.07) is 15.2. The third-order valence-corrected chi connectivity index (χ3v) is 4.42. The molecule has 1 fully saturated rings. The van der Waals surface area contributed by atoms with Gasteiger partial charge in [0, 0.05) is 5.92 Å². The lowest BCUT2D eigenvalue weighted by molar-refractivity contribution is 0.272. The Bertz CT molecular complexity index is 576.